The Hall–Kier alpha value is -0.480. The predicted octanol–water partition coefficient (Wildman–Crippen LogP) is 0.439. The van der Waals surface area contributed by atoms with Crippen LogP contribution >= 0.6 is 0 Å². The summed E-state index contributed by atoms with van der Waals surface area (Å²) >= 11 is 0. The van der Waals surface area contributed by atoms with Gasteiger partial charge in [-0.15, -0.1) is 0 Å². The summed E-state index contributed by atoms with van der Waals surface area (Å²) in [6, 6.07) is 0. The van der Waals surface area contributed by atoms with E-state index in [2.05, 4.69) is 0 Å². The second kappa shape index (κ2) is 27.6. The van der Waals surface area contributed by atoms with Crippen molar-refractivity contribution in [3.63, 3.8) is 0 Å². The van der Waals surface area contributed by atoms with Gasteiger partial charge in [0.05, 0.1) is 92.5 Å². The van der Waals surface area contributed by atoms with E-state index in [1.807, 2.05) is 0 Å². The molecule has 0 heterocycles. The maximum Gasteiger partial charge on any atom is 0.115 e. The van der Waals surface area contributed by atoms with Crippen LogP contribution in [0.4, 0.5) is 0 Å². The van der Waals surface area contributed by atoms with Gasteiger partial charge in [0.2, 0.25) is 0 Å². The molecule has 0 fully saturated rings. The summed E-state index contributed by atoms with van der Waals surface area (Å²) in [6.07, 6.45) is -2.13. The molecule has 4 atom stereocenters. The third kappa shape index (κ3) is 18.7. The van der Waals surface area contributed by atoms with Gasteiger partial charge >= 0.3 is 0 Å². The molecule has 36 heavy (non-hydrogen) atoms. The first-order valence-electron chi connectivity index (χ1n) is 12.3. The summed E-state index contributed by atoms with van der Waals surface area (Å²) in [5, 5.41) is 0. The Morgan fingerprint density at radius 3 is 0.917 bits per heavy atom. The van der Waals surface area contributed by atoms with Gasteiger partial charge in [0.25, 0.3) is 0 Å². The second-order valence-corrected chi connectivity index (χ2v) is 7.60. The van der Waals surface area contributed by atoms with Crippen LogP contribution in [0.15, 0.2) is 0 Å². The molecule has 4 unspecified atom stereocenters. The minimum Gasteiger partial charge on any atom is -0.382 e. The van der Waals surface area contributed by atoms with E-state index in [4.69, 9.17) is 56.8 Å². The molecule has 0 aromatic rings. The van der Waals surface area contributed by atoms with Crippen molar-refractivity contribution >= 4 is 0 Å². The van der Waals surface area contributed by atoms with Crippen molar-refractivity contribution in [1.29, 1.82) is 0 Å². The molecule has 0 rings (SSSR count). The van der Waals surface area contributed by atoms with Crippen LogP contribution in [0.3, 0.4) is 0 Å². The Balaban J connectivity index is 5.87. The van der Waals surface area contributed by atoms with E-state index in [9.17, 15) is 0 Å². The van der Waals surface area contributed by atoms with Crippen LogP contribution in [0.25, 0.3) is 0 Å². The molecule has 0 bridgehead atoms. The highest BCUT2D eigenvalue weighted by Gasteiger charge is 2.38. The Morgan fingerprint density at radius 1 is 0.333 bits per heavy atom. The van der Waals surface area contributed by atoms with Crippen LogP contribution in [-0.4, -0.2) is 160 Å². The van der Waals surface area contributed by atoms with E-state index in [1.54, 1.807) is 42.7 Å². The van der Waals surface area contributed by atoms with Crippen molar-refractivity contribution in [3.05, 3.63) is 0 Å². The van der Waals surface area contributed by atoms with Crippen LogP contribution in [0, 0.1) is 0 Å². The molecule has 12 nitrogen and oxygen atoms in total. The fraction of sp³-hybridized carbons (Fsp3) is 1.00. The lowest BCUT2D eigenvalue weighted by molar-refractivity contribution is -0.204. The molecule has 0 aliphatic carbocycles. The van der Waals surface area contributed by atoms with E-state index in [1.165, 1.54) is 0 Å². The van der Waals surface area contributed by atoms with Crippen molar-refractivity contribution < 1.29 is 56.8 Å². The fourth-order valence-corrected chi connectivity index (χ4v) is 3.09. The predicted molar refractivity (Wildman–Crippen MR) is 132 cm³/mol. The average Bonchev–Trinajstić information content (AvgIpc) is 2.88. The maximum absolute atomic E-state index is 6.28. The highest BCUT2D eigenvalue weighted by Crippen LogP contribution is 2.20. The third-order valence-corrected chi connectivity index (χ3v) is 4.92. The van der Waals surface area contributed by atoms with Gasteiger partial charge in [0.15, 0.2) is 0 Å². The van der Waals surface area contributed by atoms with Crippen molar-refractivity contribution in [1.82, 2.24) is 0 Å². The maximum atomic E-state index is 6.28. The number of ether oxygens (including phenoxy) is 12. The molecule has 0 aliphatic heterocycles. The largest absolute Gasteiger partial charge is 0.382 e. The van der Waals surface area contributed by atoms with E-state index < -0.39 is 24.4 Å². The topological polar surface area (TPSA) is 111 Å². The summed E-state index contributed by atoms with van der Waals surface area (Å²) in [5.41, 5.74) is 0. The molecule has 0 saturated heterocycles. The van der Waals surface area contributed by atoms with Gasteiger partial charge in [-0.2, -0.15) is 0 Å². The highest BCUT2D eigenvalue weighted by atomic mass is 16.6. The van der Waals surface area contributed by atoms with E-state index in [0.29, 0.717) is 79.3 Å². The Kier molecular flexibility index (Phi) is 27.2. The van der Waals surface area contributed by atoms with Crippen LogP contribution < -0.4 is 0 Å². The van der Waals surface area contributed by atoms with Crippen molar-refractivity contribution in [3.8, 4) is 0 Å². The molecule has 218 valence electrons. The van der Waals surface area contributed by atoms with Crippen LogP contribution in [-0.2, 0) is 56.8 Å². The standard InChI is InChI=1S/C24H50O12/c1-25-7-13-31-19-21(33-15-9-27-3)23(35-17-11-29-5)24(36-18-12-30-6)22(34-16-10-28-4)20-32-14-8-26-2/h21-24H,7-20H2,1-6H3. The van der Waals surface area contributed by atoms with E-state index in [0.717, 1.165) is 0 Å². The monoisotopic (exact) mass is 530 g/mol. The minimum absolute atomic E-state index is 0.254. The fourth-order valence-electron chi connectivity index (χ4n) is 3.09. The molecular formula is C24H50O12. The van der Waals surface area contributed by atoms with Gasteiger partial charge in [-0.1, -0.05) is 0 Å². The van der Waals surface area contributed by atoms with E-state index >= 15 is 0 Å². The van der Waals surface area contributed by atoms with Gasteiger partial charge < -0.3 is 56.8 Å². The van der Waals surface area contributed by atoms with Crippen LogP contribution in [0.5, 0.6) is 0 Å². The molecule has 0 aromatic heterocycles. The van der Waals surface area contributed by atoms with Crippen LogP contribution in [0.1, 0.15) is 0 Å². The Labute approximate surface area is 216 Å². The molecule has 0 N–H and O–H groups in total. The number of rotatable bonds is 29. The summed E-state index contributed by atoms with van der Waals surface area (Å²) in [5.74, 6) is 0. The Bertz CT molecular complexity index is 394. The first-order valence-corrected chi connectivity index (χ1v) is 12.3. The SMILES string of the molecule is COCCOCC(OCCOC)C(OCCOC)C(OCCOC)C(COCCOC)OCCOC. The molecule has 12 heteroatoms. The smallest absolute Gasteiger partial charge is 0.115 e. The zero-order valence-corrected chi connectivity index (χ0v) is 23.1. The summed E-state index contributed by atoms with van der Waals surface area (Å²) in [4.78, 5) is 0. The molecule has 0 spiro atoms. The zero-order valence-electron chi connectivity index (χ0n) is 23.1. The highest BCUT2D eigenvalue weighted by molar-refractivity contribution is 4.87. The number of methoxy groups -OCH3 is 6. The zero-order chi connectivity index (χ0) is 26.7. The average molecular weight is 531 g/mol. The molecule has 0 saturated carbocycles. The van der Waals surface area contributed by atoms with Crippen molar-refractivity contribution in [2.45, 2.75) is 24.4 Å². The molecule has 0 aliphatic rings. The lowest BCUT2D eigenvalue weighted by atomic mass is 10.0. The first-order chi connectivity index (χ1) is 17.7. The van der Waals surface area contributed by atoms with E-state index in [-0.39, 0.29) is 13.2 Å². The van der Waals surface area contributed by atoms with Gasteiger partial charge in [-0.25, -0.2) is 0 Å². The van der Waals surface area contributed by atoms with Gasteiger partial charge in [-0.05, 0) is 0 Å². The number of hydrogen-bond acceptors (Lipinski definition) is 12. The second-order valence-electron chi connectivity index (χ2n) is 7.60. The molecular weight excluding hydrogens is 480 g/mol. The van der Waals surface area contributed by atoms with Gasteiger partial charge in [0.1, 0.15) is 24.4 Å². The molecule has 0 radical (unpaired) electrons. The van der Waals surface area contributed by atoms with Gasteiger partial charge in [0, 0.05) is 42.7 Å². The molecule has 0 amide bonds. The lowest BCUT2D eigenvalue weighted by Crippen LogP contribution is -2.53. The van der Waals surface area contributed by atoms with Crippen LogP contribution in [0.2, 0.25) is 0 Å². The van der Waals surface area contributed by atoms with Gasteiger partial charge in [-0.3, -0.25) is 0 Å². The minimum atomic E-state index is -0.574. The Morgan fingerprint density at radius 2 is 0.611 bits per heavy atom. The lowest BCUT2D eigenvalue weighted by Gasteiger charge is -2.37. The third-order valence-electron chi connectivity index (χ3n) is 4.92. The van der Waals surface area contributed by atoms with Crippen molar-refractivity contribution in [2.24, 2.45) is 0 Å². The summed E-state index contributed by atoms with van der Waals surface area (Å²) < 4.78 is 67.5. The number of hydrogen-bond donors (Lipinski definition) is 0. The first kappa shape index (κ1) is 35.5. The quantitative estimate of drug-likeness (QED) is 0.125. The summed E-state index contributed by atoms with van der Waals surface area (Å²) in [6.45, 7) is 5.24. The van der Waals surface area contributed by atoms with Crippen molar-refractivity contribution in [2.75, 3.05) is 135 Å². The summed E-state index contributed by atoms with van der Waals surface area (Å²) in [7, 11) is 9.72. The normalized spacial score (nSPS) is 15.2. The molecule has 0 aromatic carbocycles.